The molecule has 0 radical (unpaired) electrons. The Labute approximate surface area is 238 Å². The maximum Gasteiger partial charge on any atom is 0.416 e. The van der Waals surface area contributed by atoms with Crippen molar-refractivity contribution in [2.75, 3.05) is 4.90 Å². The molecule has 1 amide bonds. The van der Waals surface area contributed by atoms with Crippen molar-refractivity contribution < 1.29 is 22.7 Å². The van der Waals surface area contributed by atoms with Crippen LogP contribution >= 0.6 is 0 Å². The van der Waals surface area contributed by atoms with Gasteiger partial charge < -0.3 is 10.1 Å². The predicted octanol–water partition coefficient (Wildman–Crippen LogP) is 6.13. The third kappa shape index (κ3) is 5.64. The first-order chi connectivity index (χ1) is 20.2. The van der Waals surface area contributed by atoms with Gasteiger partial charge in [-0.05, 0) is 48.4 Å². The van der Waals surface area contributed by atoms with E-state index in [0.717, 1.165) is 17.7 Å². The number of aromatic nitrogens is 3. The summed E-state index contributed by atoms with van der Waals surface area (Å²) in [5, 5.41) is 26.5. The first-order valence-corrected chi connectivity index (χ1v) is 12.7. The van der Waals surface area contributed by atoms with Crippen molar-refractivity contribution in [1.29, 1.82) is 10.5 Å². The second-order valence-electron chi connectivity index (χ2n) is 9.32. The highest BCUT2D eigenvalue weighted by atomic mass is 19.4. The summed E-state index contributed by atoms with van der Waals surface area (Å²) in [6.45, 7) is 1.52. The maximum atomic E-state index is 13.6. The molecule has 2 heterocycles. The highest BCUT2D eigenvalue weighted by molar-refractivity contribution is 5.69. The number of alkyl carbamates (subject to hydrolysis) is 1. The van der Waals surface area contributed by atoms with Crippen molar-refractivity contribution >= 4 is 17.7 Å². The van der Waals surface area contributed by atoms with Gasteiger partial charge in [0.2, 0.25) is 5.95 Å². The first kappa shape index (κ1) is 27.9. The van der Waals surface area contributed by atoms with Crippen LogP contribution in [0.4, 0.5) is 29.6 Å². The summed E-state index contributed by atoms with van der Waals surface area (Å²) in [4.78, 5) is 18.3. The summed E-state index contributed by atoms with van der Waals surface area (Å²) in [5.74, 6) is 0.291. The van der Waals surface area contributed by atoms with E-state index in [-0.39, 0.29) is 36.2 Å². The number of hydrogen-bond donors (Lipinski definition) is 1. The van der Waals surface area contributed by atoms with Crippen molar-refractivity contribution in [2.45, 2.75) is 32.3 Å². The molecule has 4 aromatic rings. The third-order valence-electron chi connectivity index (χ3n) is 6.61. The number of carbonyl (C=O) groups excluding carboxylic acids is 1. The Kier molecular flexibility index (Phi) is 7.63. The van der Waals surface area contributed by atoms with Crippen LogP contribution in [0.5, 0.6) is 0 Å². The van der Waals surface area contributed by atoms with E-state index in [9.17, 15) is 28.5 Å². The van der Waals surface area contributed by atoms with Crippen molar-refractivity contribution in [2.24, 2.45) is 0 Å². The van der Waals surface area contributed by atoms with Gasteiger partial charge in [-0.1, -0.05) is 48.5 Å². The molecular formula is C30H22F3N7O2. The Morgan fingerprint density at radius 2 is 1.76 bits per heavy atom. The first-order valence-electron chi connectivity index (χ1n) is 12.7. The summed E-state index contributed by atoms with van der Waals surface area (Å²) in [6, 6.07) is 23.8. The molecular weight excluding hydrogens is 547 g/mol. The molecule has 0 saturated heterocycles. The standard InChI is InChI=1S/C30H22F3N7O2/c1-19-25(16-35)27(22-12-10-20(15-34)11-13-22)40-28(39(19)24-9-5-8-23(14-24)30(31,32)33)37-26(38-40)17-36-29(41)42-18-21-6-3-2-4-7-21/h2-14,27H,17-18H2,1H3,(H,36,41)/t27-/m1/s1. The molecule has 0 spiro atoms. The molecule has 12 heteroatoms. The Balaban J connectivity index is 1.52. The minimum absolute atomic E-state index is 0.0541. The number of benzene rings is 3. The second kappa shape index (κ2) is 11.5. The maximum absolute atomic E-state index is 13.6. The SMILES string of the molecule is CC1=C(C#N)[C@@H](c2ccc(C#N)cc2)n2nc(CNC(=O)OCc3ccccc3)nc2N1c1cccc(C(F)(F)F)c1. The van der Waals surface area contributed by atoms with Crippen molar-refractivity contribution in [3.05, 3.63) is 118 Å². The Morgan fingerprint density at radius 1 is 1.02 bits per heavy atom. The lowest BCUT2D eigenvalue weighted by Gasteiger charge is -2.34. The molecule has 210 valence electrons. The Bertz CT molecular complexity index is 1730. The number of anilines is 2. The topological polar surface area (TPSA) is 120 Å². The van der Waals surface area contributed by atoms with Gasteiger partial charge in [-0.3, -0.25) is 4.90 Å². The molecule has 0 unspecified atom stereocenters. The smallest absolute Gasteiger partial charge is 0.416 e. The van der Waals surface area contributed by atoms with Crippen molar-refractivity contribution in [1.82, 2.24) is 20.1 Å². The van der Waals surface area contributed by atoms with Crippen molar-refractivity contribution in [3.63, 3.8) is 0 Å². The van der Waals surface area contributed by atoms with Gasteiger partial charge in [-0.2, -0.15) is 33.8 Å². The number of halogens is 3. The van der Waals surface area contributed by atoms with Gasteiger partial charge in [0, 0.05) is 11.4 Å². The van der Waals surface area contributed by atoms with E-state index in [1.807, 2.05) is 36.4 Å². The van der Waals surface area contributed by atoms with E-state index in [4.69, 9.17) is 4.74 Å². The number of nitrogens with one attached hydrogen (secondary N) is 1. The van der Waals surface area contributed by atoms with Crippen LogP contribution in [0.15, 0.2) is 90.1 Å². The van der Waals surface area contributed by atoms with E-state index in [0.29, 0.717) is 16.8 Å². The van der Waals surface area contributed by atoms with Crippen LogP contribution in [0.3, 0.4) is 0 Å². The van der Waals surface area contributed by atoms with Gasteiger partial charge in [0.25, 0.3) is 0 Å². The average molecular weight is 570 g/mol. The zero-order valence-corrected chi connectivity index (χ0v) is 22.1. The lowest BCUT2D eigenvalue weighted by molar-refractivity contribution is -0.137. The summed E-state index contributed by atoms with van der Waals surface area (Å²) >= 11 is 0. The molecule has 1 N–H and O–H groups in total. The van der Waals surface area contributed by atoms with Crippen molar-refractivity contribution in [3.8, 4) is 12.1 Å². The van der Waals surface area contributed by atoms with Crippen LogP contribution in [-0.2, 0) is 24.1 Å². The van der Waals surface area contributed by atoms with Crippen LogP contribution in [-0.4, -0.2) is 20.9 Å². The molecule has 1 aliphatic rings. The fraction of sp³-hybridized carbons (Fsp3) is 0.167. The number of nitrogens with zero attached hydrogens (tertiary/aromatic N) is 6. The molecule has 5 rings (SSSR count). The quantitative estimate of drug-likeness (QED) is 0.296. The summed E-state index contributed by atoms with van der Waals surface area (Å²) < 4.78 is 47.4. The molecule has 0 fully saturated rings. The predicted molar refractivity (Wildman–Crippen MR) is 145 cm³/mol. The molecule has 1 atom stereocenters. The molecule has 42 heavy (non-hydrogen) atoms. The number of allylic oxidation sites excluding steroid dienone is 2. The molecule has 0 saturated carbocycles. The summed E-state index contributed by atoms with van der Waals surface area (Å²) in [5.41, 5.74) is 1.66. The summed E-state index contributed by atoms with van der Waals surface area (Å²) in [7, 11) is 0. The normalized spacial score (nSPS) is 14.5. The highest BCUT2D eigenvalue weighted by Crippen LogP contribution is 2.43. The van der Waals surface area contributed by atoms with Gasteiger partial charge in [-0.25, -0.2) is 9.48 Å². The van der Waals surface area contributed by atoms with Crippen LogP contribution in [0, 0.1) is 22.7 Å². The third-order valence-corrected chi connectivity index (χ3v) is 6.61. The van der Waals surface area contributed by atoms with E-state index in [1.165, 1.54) is 21.7 Å². The van der Waals surface area contributed by atoms with E-state index < -0.39 is 23.9 Å². The van der Waals surface area contributed by atoms with Crippen LogP contribution in [0.2, 0.25) is 0 Å². The van der Waals surface area contributed by atoms with Crippen LogP contribution in [0.25, 0.3) is 0 Å². The number of amides is 1. The van der Waals surface area contributed by atoms with E-state index in [2.05, 4.69) is 21.5 Å². The number of ether oxygens (including phenoxy) is 1. The van der Waals surface area contributed by atoms with E-state index in [1.54, 1.807) is 31.2 Å². The summed E-state index contributed by atoms with van der Waals surface area (Å²) in [6.07, 6.45) is -5.30. The number of nitriles is 2. The van der Waals surface area contributed by atoms with E-state index >= 15 is 0 Å². The number of alkyl halides is 3. The Morgan fingerprint density at radius 3 is 2.43 bits per heavy atom. The molecule has 0 bridgehead atoms. The molecule has 1 aromatic heterocycles. The van der Waals surface area contributed by atoms with Gasteiger partial charge >= 0.3 is 12.3 Å². The zero-order chi connectivity index (χ0) is 29.9. The lowest BCUT2D eigenvalue weighted by atomic mass is 9.95. The van der Waals surface area contributed by atoms with Gasteiger partial charge in [-0.15, -0.1) is 0 Å². The molecule has 1 aliphatic heterocycles. The molecule has 0 aliphatic carbocycles. The fourth-order valence-corrected chi connectivity index (χ4v) is 4.59. The van der Waals surface area contributed by atoms with Gasteiger partial charge in [0.1, 0.15) is 12.6 Å². The number of hydrogen-bond acceptors (Lipinski definition) is 7. The fourth-order valence-electron chi connectivity index (χ4n) is 4.59. The minimum Gasteiger partial charge on any atom is -0.445 e. The van der Waals surface area contributed by atoms with Crippen LogP contribution < -0.4 is 10.2 Å². The number of fused-ring (bicyclic) bond motifs is 1. The largest absolute Gasteiger partial charge is 0.445 e. The van der Waals surface area contributed by atoms with Gasteiger partial charge in [0.05, 0.1) is 35.4 Å². The molecule has 9 nitrogen and oxygen atoms in total. The average Bonchev–Trinajstić information content (AvgIpc) is 3.42. The molecule has 3 aromatic carbocycles. The minimum atomic E-state index is -4.59. The zero-order valence-electron chi connectivity index (χ0n) is 22.1. The highest BCUT2D eigenvalue weighted by Gasteiger charge is 2.37. The number of carbonyl (C=O) groups is 1. The van der Waals surface area contributed by atoms with Gasteiger partial charge in [0.15, 0.2) is 5.82 Å². The monoisotopic (exact) mass is 569 g/mol. The number of rotatable bonds is 6. The Hall–Kier alpha value is -5.62. The second-order valence-corrected chi connectivity index (χ2v) is 9.32. The lowest BCUT2D eigenvalue weighted by Crippen LogP contribution is -2.31. The van der Waals surface area contributed by atoms with Crippen LogP contribution in [0.1, 0.15) is 41.0 Å².